The molecule has 2 aliphatic carbocycles. The molecule has 0 aliphatic heterocycles. The van der Waals surface area contributed by atoms with Gasteiger partial charge >= 0.3 is 0 Å². The van der Waals surface area contributed by atoms with Gasteiger partial charge in [0.1, 0.15) is 0 Å². The van der Waals surface area contributed by atoms with Gasteiger partial charge in [-0.1, -0.05) is 23.5 Å². The Bertz CT molecular complexity index is 994. The Hall–Kier alpha value is -1.77. The zero-order valence-corrected chi connectivity index (χ0v) is 16.2. The van der Waals surface area contributed by atoms with E-state index in [2.05, 4.69) is 27.2 Å². The maximum atomic E-state index is 12.5. The standard InChI is InChI=1S/C18H21N3O3S2/c1-10(2)21-26(23,24)13-5-6-15-16(9-13)25-18(19-15)20-17(22)14-8-11-3-4-12(14)7-11/h3-6,9-12,14,21H,7-8H2,1-2H3,(H,19,20,22)/t11-,12-,14-/m0/s1. The van der Waals surface area contributed by atoms with E-state index < -0.39 is 10.0 Å². The van der Waals surface area contributed by atoms with Crippen LogP contribution in [-0.4, -0.2) is 25.4 Å². The van der Waals surface area contributed by atoms with Crippen LogP contribution in [0.5, 0.6) is 0 Å². The second-order valence-electron chi connectivity index (χ2n) is 7.30. The molecule has 1 saturated carbocycles. The van der Waals surface area contributed by atoms with Crippen molar-refractivity contribution in [1.82, 2.24) is 9.71 Å². The van der Waals surface area contributed by atoms with Gasteiger partial charge in [0.05, 0.1) is 15.1 Å². The SMILES string of the molecule is CC(C)NS(=O)(=O)c1ccc2nc(NC(=O)[C@H]3C[C@H]4C=C[C@H]3C4)sc2c1. The van der Waals surface area contributed by atoms with Crippen molar-refractivity contribution in [3.63, 3.8) is 0 Å². The number of anilines is 1. The number of nitrogens with zero attached hydrogens (tertiary/aromatic N) is 1. The van der Waals surface area contributed by atoms with Crippen LogP contribution in [0.2, 0.25) is 0 Å². The molecule has 1 aromatic heterocycles. The van der Waals surface area contributed by atoms with Crippen molar-refractivity contribution in [2.45, 2.75) is 37.6 Å². The van der Waals surface area contributed by atoms with Crippen LogP contribution in [0.15, 0.2) is 35.2 Å². The molecule has 2 aromatic rings. The van der Waals surface area contributed by atoms with E-state index in [4.69, 9.17) is 0 Å². The quantitative estimate of drug-likeness (QED) is 0.767. The number of sulfonamides is 1. The molecule has 0 spiro atoms. The smallest absolute Gasteiger partial charge is 0.240 e. The van der Waals surface area contributed by atoms with Gasteiger partial charge in [-0.25, -0.2) is 18.1 Å². The van der Waals surface area contributed by atoms with E-state index in [1.165, 1.54) is 11.3 Å². The van der Waals surface area contributed by atoms with Crippen LogP contribution in [-0.2, 0) is 14.8 Å². The highest BCUT2D eigenvalue weighted by Crippen LogP contribution is 2.44. The van der Waals surface area contributed by atoms with Gasteiger partial charge in [-0.2, -0.15) is 0 Å². The Morgan fingerprint density at radius 3 is 2.73 bits per heavy atom. The molecule has 138 valence electrons. The van der Waals surface area contributed by atoms with Crippen LogP contribution in [0.4, 0.5) is 5.13 Å². The maximum Gasteiger partial charge on any atom is 0.240 e. The molecule has 1 heterocycles. The summed E-state index contributed by atoms with van der Waals surface area (Å²) in [7, 11) is -3.55. The van der Waals surface area contributed by atoms with Gasteiger partial charge < -0.3 is 5.32 Å². The lowest BCUT2D eigenvalue weighted by atomic mass is 9.93. The van der Waals surface area contributed by atoms with Crippen molar-refractivity contribution in [2.24, 2.45) is 17.8 Å². The number of carbonyl (C=O) groups is 1. The van der Waals surface area contributed by atoms with Crippen molar-refractivity contribution in [3.05, 3.63) is 30.4 Å². The van der Waals surface area contributed by atoms with Crippen molar-refractivity contribution >= 4 is 42.6 Å². The third-order valence-electron chi connectivity index (χ3n) is 4.91. The van der Waals surface area contributed by atoms with Crippen LogP contribution >= 0.6 is 11.3 Å². The summed E-state index contributed by atoms with van der Waals surface area (Å²) in [6.45, 7) is 3.56. The fraction of sp³-hybridized carbons (Fsp3) is 0.444. The number of thiazole rings is 1. The number of fused-ring (bicyclic) bond motifs is 3. The number of rotatable bonds is 5. The minimum Gasteiger partial charge on any atom is -0.302 e. The first-order valence-electron chi connectivity index (χ1n) is 8.74. The number of carbonyl (C=O) groups excluding carboxylic acids is 1. The van der Waals surface area contributed by atoms with Crippen LogP contribution < -0.4 is 10.0 Å². The molecule has 1 aromatic carbocycles. The third-order valence-corrected chi connectivity index (χ3v) is 7.50. The molecule has 0 saturated heterocycles. The number of nitrogens with one attached hydrogen (secondary N) is 2. The fourth-order valence-corrected chi connectivity index (χ4v) is 6.04. The van der Waals surface area contributed by atoms with Crippen molar-refractivity contribution in [2.75, 3.05) is 5.32 Å². The first kappa shape index (κ1) is 17.6. The van der Waals surface area contributed by atoms with Gasteiger partial charge in [-0.15, -0.1) is 0 Å². The zero-order chi connectivity index (χ0) is 18.5. The normalized spacial score (nSPS) is 24.7. The van der Waals surface area contributed by atoms with Gasteiger partial charge in [-0.3, -0.25) is 4.79 Å². The van der Waals surface area contributed by atoms with Gasteiger partial charge in [0.15, 0.2) is 5.13 Å². The number of hydrogen-bond donors (Lipinski definition) is 2. The highest BCUT2D eigenvalue weighted by Gasteiger charge is 2.39. The summed E-state index contributed by atoms with van der Waals surface area (Å²) < 4.78 is 27.9. The largest absolute Gasteiger partial charge is 0.302 e. The van der Waals surface area contributed by atoms with E-state index in [0.29, 0.717) is 22.5 Å². The highest BCUT2D eigenvalue weighted by molar-refractivity contribution is 7.89. The lowest BCUT2D eigenvalue weighted by Crippen LogP contribution is -2.30. The molecule has 0 unspecified atom stereocenters. The van der Waals surface area contributed by atoms with E-state index in [1.54, 1.807) is 32.0 Å². The summed E-state index contributed by atoms with van der Waals surface area (Å²) >= 11 is 1.30. The van der Waals surface area contributed by atoms with E-state index in [1.807, 2.05) is 0 Å². The number of hydrogen-bond acceptors (Lipinski definition) is 5. The first-order valence-corrected chi connectivity index (χ1v) is 11.0. The van der Waals surface area contributed by atoms with Crippen LogP contribution in [0.1, 0.15) is 26.7 Å². The lowest BCUT2D eigenvalue weighted by molar-refractivity contribution is -0.120. The molecule has 1 amide bonds. The molecule has 8 heteroatoms. The summed E-state index contributed by atoms with van der Waals surface area (Å²) in [6, 6.07) is 4.64. The Balaban J connectivity index is 1.54. The van der Waals surface area contributed by atoms with Crippen LogP contribution in [0.3, 0.4) is 0 Å². The monoisotopic (exact) mass is 391 g/mol. The van der Waals surface area contributed by atoms with E-state index >= 15 is 0 Å². The molecular weight excluding hydrogens is 370 g/mol. The number of allylic oxidation sites excluding steroid dienone is 2. The van der Waals surface area contributed by atoms with Gasteiger partial charge in [0.2, 0.25) is 15.9 Å². The number of benzene rings is 1. The molecule has 2 bridgehead atoms. The molecule has 2 aliphatic rings. The number of amides is 1. The van der Waals surface area contributed by atoms with Gasteiger partial charge in [-0.05, 0) is 56.7 Å². The maximum absolute atomic E-state index is 12.5. The predicted octanol–water partition coefficient (Wildman–Crippen LogP) is 3.13. The zero-order valence-electron chi connectivity index (χ0n) is 14.6. The summed E-state index contributed by atoms with van der Waals surface area (Å²) in [5.41, 5.74) is 0.682. The molecule has 6 nitrogen and oxygen atoms in total. The molecular formula is C18H21N3O3S2. The lowest BCUT2D eigenvalue weighted by Gasteiger charge is -2.16. The molecule has 3 atom stereocenters. The van der Waals surface area contributed by atoms with Crippen LogP contribution in [0.25, 0.3) is 10.2 Å². The second kappa shape index (κ2) is 6.44. The van der Waals surface area contributed by atoms with Crippen molar-refractivity contribution in [3.8, 4) is 0 Å². The van der Waals surface area contributed by atoms with Crippen molar-refractivity contribution < 1.29 is 13.2 Å². The minimum atomic E-state index is -3.55. The Morgan fingerprint density at radius 1 is 1.27 bits per heavy atom. The molecule has 2 N–H and O–H groups in total. The topological polar surface area (TPSA) is 88.2 Å². The predicted molar refractivity (Wildman–Crippen MR) is 103 cm³/mol. The Labute approximate surface area is 156 Å². The second-order valence-corrected chi connectivity index (χ2v) is 10.0. The Morgan fingerprint density at radius 2 is 2.08 bits per heavy atom. The minimum absolute atomic E-state index is 0.00947. The summed E-state index contributed by atoms with van der Waals surface area (Å²) in [4.78, 5) is 17.2. The number of aromatic nitrogens is 1. The van der Waals surface area contributed by atoms with E-state index in [0.717, 1.165) is 17.5 Å². The van der Waals surface area contributed by atoms with Crippen LogP contribution in [0, 0.1) is 17.8 Å². The average Bonchev–Trinajstić information content (AvgIpc) is 3.27. The van der Waals surface area contributed by atoms with Crippen molar-refractivity contribution in [1.29, 1.82) is 0 Å². The first-order chi connectivity index (χ1) is 12.3. The molecule has 0 radical (unpaired) electrons. The third kappa shape index (κ3) is 3.28. The average molecular weight is 392 g/mol. The fourth-order valence-electron chi connectivity index (χ4n) is 3.78. The van der Waals surface area contributed by atoms with E-state index in [-0.39, 0.29) is 22.8 Å². The molecule has 26 heavy (non-hydrogen) atoms. The summed E-state index contributed by atoms with van der Waals surface area (Å²) in [5.74, 6) is 0.902. The molecule has 1 fully saturated rings. The van der Waals surface area contributed by atoms with Gasteiger partial charge in [0.25, 0.3) is 0 Å². The summed E-state index contributed by atoms with van der Waals surface area (Å²) in [6.07, 6.45) is 6.33. The molecule has 4 rings (SSSR count). The Kier molecular flexibility index (Phi) is 4.37. The highest BCUT2D eigenvalue weighted by atomic mass is 32.2. The summed E-state index contributed by atoms with van der Waals surface area (Å²) in [5, 5.41) is 3.43. The van der Waals surface area contributed by atoms with E-state index in [9.17, 15) is 13.2 Å². The van der Waals surface area contributed by atoms with Gasteiger partial charge in [0, 0.05) is 12.0 Å².